The van der Waals surface area contributed by atoms with E-state index in [2.05, 4.69) is 83.8 Å². The van der Waals surface area contributed by atoms with Crippen molar-refractivity contribution in [3.8, 4) is 0 Å². The average Bonchev–Trinajstić information content (AvgIpc) is 3.06. The van der Waals surface area contributed by atoms with Crippen LogP contribution in [0.25, 0.3) is 32.6 Å². The van der Waals surface area contributed by atoms with Crippen molar-refractivity contribution < 1.29 is 0 Å². The van der Waals surface area contributed by atoms with Gasteiger partial charge in [0.15, 0.2) is 5.16 Å². The molecule has 1 N–H and O–H groups in total. The fourth-order valence-electron chi connectivity index (χ4n) is 3.22. The van der Waals surface area contributed by atoms with Gasteiger partial charge < -0.3 is 4.98 Å². The number of aromatic amines is 1. The highest BCUT2D eigenvalue weighted by molar-refractivity contribution is 7.98. The lowest BCUT2D eigenvalue weighted by atomic mass is 10.1. The second kappa shape index (κ2) is 5.94. The van der Waals surface area contributed by atoms with Gasteiger partial charge in [0.25, 0.3) is 0 Å². The number of nitrogens with one attached hydrogen (secondary N) is 1. The van der Waals surface area contributed by atoms with E-state index < -0.39 is 0 Å². The minimum absolute atomic E-state index is 0.907. The van der Waals surface area contributed by atoms with E-state index >= 15 is 0 Å². The van der Waals surface area contributed by atoms with Crippen molar-refractivity contribution in [1.29, 1.82) is 0 Å². The summed E-state index contributed by atoms with van der Waals surface area (Å²) in [6, 6.07) is 27.9. The van der Waals surface area contributed by atoms with E-state index in [0.717, 1.165) is 21.9 Å². The van der Waals surface area contributed by atoms with Gasteiger partial charge in [0.1, 0.15) is 0 Å². The summed E-state index contributed by atoms with van der Waals surface area (Å²) in [6.45, 7) is 0. The first kappa shape index (κ1) is 14.6. The summed E-state index contributed by atoms with van der Waals surface area (Å²) in [5, 5.41) is 6.01. The van der Waals surface area contributed by atoms with Crippen LogP contribution in [0.1, 0.15) is 5.56 Å². The molecule has 3 heteroatoms. The third kappa shape index (κ3) is 2.77. The van der Waals surface area contributed by atoms with Crippen molar-refractivity contribution in [2.24, 2.45) is 0 Å². The topological polar surface area (TPSA) is 28.7 Å². The van der Waals surface area contributed by atoms with Crippen LogP contribution in [0.4, 0.5) is 0 Å². The molecule has 0 amide bonds. The van der Waals surface area contributed by atoms with Crippen LogP contribution < -0.4 is 0 Å². The van der Waals surface area contributed by atoms with Crippen LogP contribution in [0.2, 0.25) is 0 Å². The number of thioether (sulfide) groups is 1. The zero-order valence-electron chi connectivity index (χ0n) is 13.6. The van der Waals surface area contributed by atoms with Gasteiger partial charge in [-0.2, -0.15) is 0 Å². The minimum atomic E-state index is 0.907. The number of imidazole rings is 1. The molecule has 0 aliphatic rings. The van der Waals surface area contributed by atoms with E-state index in [0.29, 0.717) is 0 Å². The highest BCUT2D eigenvalue weighted by Gasteiger charge is 2.06. The Hall–Kier alpha value is -2.78. The van der Waals surface area contributed by atoms with Crippen LogP contribution in [0.15, 0.2) is 84.0 Å². The summed E-state index contributed by atoms with van der Waals surface area (Å²) >= 11 is 1.75. The second-order valence-corrected chi connectivity index (χ2v) is 7.19. The van der Waals surface area contributed by atoms with Crippen LogP contribution >= 0.6 is 11.8 Å². The van der Waals surface area contributed by atoms with Crippen molar-refractivity contribution in [1.82, 2.24) is 9.97 Å². The maximum Gasteiger partial charge on any atom is 0.166 e. The first-order chi connectivity index (χ1) is 12.3. The highest BCUT2D eigenvalue weighted by Crippen LogP contribution is 2.27. The molecule has 2 nitrogen and oxygen atoms in total. The molecule has 0 atom stereocenters. The molecular weight excluding hydrogens is 324 g/mol. The number of nitrogens with zero attached hydrogens (tertiary/aromatic N) is 1. The van der Waals surface area contributed by atoms with Gasteiger partial charge >= 0.3 is 0 Å². The quantitative estimate of drug-likeness (QED) is 0.398. The maximum absolute atomic E-state index is 4.75. The Labute approximate surface area is 149 Å². The van der Waals surface area contributed by atoms with Crippen molar-refractivity contribution in [2.45, 2.75) is 10.9 Å². The molecule has 1 heterocycles. The minimum Gasteiger partial charge on any atom is -0.333 e. The molecule has 0 bridgehead atoms. The van der Waals surface area contributed by atoms with E-state index in [1.807, 2.05) is 0 Å². The zero-order chi connectivity index (χ0) is 16.6. The molecule has 0 saturated heterocycles. The van der Waals surface area contributed by atoms with Gasteiger partial charge in [-0.05, 0) is 39.2 Å². The number of H-pyrrole nitrogens is 1. The summed E-state index contributed by atoms with van der Waals surface area (Å²) in [6.07, 6.45) is 0. The molecule has 0 aliphatic heterocycles. The van der Waals surface area contributed by atoms with Gasteiger partial charge in [-0.25, -0.2) is 4.98 Å². The molecule has 0 fully saturated rings. The maximum atomic E-state index is 4.75. The Kier molecular flexibility index (Phi) is 3.46. The fourth-order valence-corrected chi connectivity index (χ4v) is 4.05. The molecule has 0 aliphatic carbocycles. The van der Waals surface area contributed by atoms with Gasteiger partial charge in [0.2, 0.25) is 0 Å². The van der Waals surface area contributed by atoms with Gasteiger partial charge in [0.05, 0.1) is 11.0 Å². The van der Waals surface area contributed by atoms with Crippen LogP contribution in [0.3, 0.4) is 0 Å². The number of fused-ring (bicyclic) bond motifs is 3. The van der Waals surface area contributed by atoms with Gasteiger partial charge in [-0.3, -0.25) is 0 Å². The Bertz CT molecular complexity index is 1150. The Balaban J connectivity index is 1.43. The first-order valence-corrected chi connectivity index (χ1v) is 9.33. The first-order valence-electron chi connectivity index (χ1n) is 8.34. The monoisotopic (exact) mass is 340 g/mol. The van der Waals surface area contributed by atoms with Gasteiger partial charge in [-0.15, -0.1) is 0 Å². The fraction of sp³-hybridized carbons (Fsp3) is 0.0455. The molecule has 25 heavy (non-hydrogen) atoms. The predicted molar refractivity (Wildman–Crippen MR) is 107 cm³/mol. The third-order valence-electron chi connectivity index (χ3n) is 4.52. The number of hydrogen-bond donors (Lipinski definition) is 1. The van der Waals surface area contributed by atoms with Crippen molar-refractivity contribution in [3.05, 3.63) is 84.4 Å². The molecule has 0 saturated carbocycles. The third-order valence-corrected chi connectivity index (χ3v) is 5.46. The highest BCUT2D eigenvalue weighted by atomic mass is 32.2. The van der Waals surface area contributed by atoms with E-state index in [-0.39, 0.29) is 0 Å². The van der Waals surface area contributed by atoms with Crippen LogP contribution in [0, 0.1) is 0 Å². The van der Waals surface area contributed by atoms with Crippen LogP contribution in [-0.2, 0) is 5.75 Å². The van der Waals surface area contributed by atoms with E-state index in [1.165, 1.54) is 27.1 Å². The smallest absolute Gasteiger partial charge is 0.166 e. The largest absolute Gasteiger partial charge is 0.333 e. The Morgan fingerprint density at radius 3 is 2.20 bits per heavy atom. The number of rotatable bonds is 3. The zero-order valence-corrected chi connectivity index (χ0v) is 14.4. The molecule has 5 rings (SSSR count). The average molecular weight is 340 g/mol. The molecule has 0 radical (unpaired) electrons. The SMILES string of the molecule is c1ccc2cc(CSc3nc4cc5ccccc5cc4[nH]3)ccc2c1. The normalized spacial score (nSPS) is 11.5. The van der Waals surface area contributed by atoms with E-state index in [9.17, 15) is 0 Å². The lowest BCUT2D eigenvalue weighted by Gasteiger charge is -2.02. The molecule has 120 valence electrons. The second-order valence-electron chi connectivity index (χ2n) is 6.23. The summed E-state index contributed by atoms with van der Waals surface area (Å²) in [7, 11) is 0. The van der Waals surface area contributed by atoms with E-state index in [4.69, 9.17) is 4.98 Å². The Morgan fingerprint density at radius 1 is 0.720 bits per heavy atom. The Morgan fingerprint density at radius 2 is 1.40 bits per heavy atom. The number of hydrogen-bond acceptors (Lipinski definition) is 2. The van der Waals surface area contributed by atoms with Crippen molar-refractivity contribution in [2.75, 3.05) is 0 Å². The van der Waals surface area contributed by atoms with Gasteiger partial charge in [-0.1, -0.05) is 78.5 Å². The van der Waals surface area contributed by atoms with Crippen molar-refractivity contribution >= 4 is 44.3 Å². The van der Waals surface area contributed by atoms with Crippen LogP contribution in [-0.4, -0.2) is 9.97 Å². The van der Waals surface area contributed by atoms with Gasteiger partial charge in [0, 0.05) is 5.75 Å². The number of aromatic nitrogens is 2. The molecule has 4 aromatic carbocycles. The lowest BCUT2D eigenvalue weighted by molar-refractivity contribution is 1.08. The summed E-state index contributed by atoms with van der Waals surface area (Å²) in [5.74, 6) is 0.907. The molecule has 5 aromatic rings. The summed E-state index contributed by atoms with van der Waals surface area (Å²) in [4.78, 5) is 8.19. The lowest BCUT2D eigenvalue weighted by Crippen LogP contribution is -1.82. The standard InChI is InChI=1S/C22H16N2S/c1-2-6-17-11-15(9-10-16(17)5-1)14-25-22-23-20-12-18-7-3-4-8-19(18)13-21(20)24-22/h1-13H,14H2,(H,23,24). The van der Waals surface area contributed by atoms with Crippen LogP contribution in [0.5, 0.6) is 0 Å². The molecule has 0 spiro atoms. The predicted octanol–water partition coefficient (Wildman–Crippen LogP) is 6.16. The number of benzene rings is 4. The molecule has 1 aromatic heterocycles. The van der Waals surface area contributed by atoms with Crippen molar-refractivity contribution in [3.63, 3.8) is 0 Å². The summed E-state index contributed by atoms with van der Waals surface area (Å²) < 4.78 is 0. The van der Waals surface area contributed by atoms with E-state index in [1.54, 1.807) is 11.8 Å². The molecule has 0 unspecified atom stereocenters. The molecular formula is C22H16N2S. The summed E-state index contributed by atoms with van der Waals surface area (Å²) in [5.41, 5.74) is 3.44.